The molecule has 1 aliphatic heterocycles. The molecule has 6 atom stereocenters. The summed E-state index contributed by atoms with van der Waals surface area (Å²) in [6.45, 7) is 7.26. The summed E-state index contributed by atoms with van der Waals surface area (Å²) in [5, 5.41) is 26.2. The van der Waals surface area contributed by atoms with Crippen molar-refractivity contribution in [2.24, 2.45) is 34.0 Å². The molecule has 13 N–H and O–H groups in total. The number of carbonyl (C=O) groups is 6. The fraction of sp³-hybridized carbons (Fsp3) is 0.767. The number of hydrogen-bond donors (Lipinski definition) is 10. The Morgan fingerprint density at radius 3 is 1.90 bits per heavy atom. The fourth-order valence-corrected chi connectivity index (χ4v) is 5.46. The highest BCUT2D eigenvalue weighted by Crippen LogP contribution is 2.10. The molecule has 0 bridgehead atoms. The smallest absolute Gasteiger partial charge is 0.245 e. The molecule has 0 aromatic carbocycles. The van der Waals surface area contributed by atoms with E-state index in [-0.39, 0.29) is 49.5 Å². The molecule has 1 heterocycles. The van der Waals surface area contributed by atoms with Gasteiger partial charge in [-0.25, -0.2) is 0 Å². The van der Waals surface area contributed by atoms with Crippen molar-refractivity contribution in [2.75, 3.05) is 31.7 Å². The average molecular weight is 701 g/mol. The molecule has 17 nitrogen and oxygen atoms in total. The minimum atomic E-state index is -1.46. The maximum Gasteiger partial charge on any atom is 0.245 e. The van der Waals surface area contributed by atoms with Crippen LogP contribution in [0.3, 0.4) is 0 Å². The maximum atomic E-state index is 13.5. The average Bonchev–Trinajstić information content (AvgIpc) is 3.56. The van der Waals surface area contributed by atoms with Crippen molar-refractivity contribution in [3.63, 3.8) is 0 Å². The highest BCUT2D eigenvalue weighted by Gasteiger charge is 2.33. The van der Waals surface area contributed by atoms with Crippen molar-refractivity contribution in [1.82, 2.24) is 31.9 Å². The summed E-state index contributed by atoms with van der Waals surface area (Å²) in [7, 11) is 0. The standard InChI is InChI=1S/C30H56N10O7S/c1-16(2)14-21(28(46)40-23(17(3)4)24(31)42)38-27(45)20(10-13-48-5)37-29(47)22(15-41)39-26(44)19(9-7-12-35-30(32)33)36-25(43)18-8-6-11-34-18/h16-23,34,41H,6-15H2,1-5H3,(H2,31,42)(H,36,43)(H,37,47)(H,38,45)(H,39,44)(H,40,46)(H4,32,33,35)/t18-,19-,20-,21-,22-,23-/m0/s1. The van der Waals surface area contributed by atoms with Gasteiger partial charge in [-0.15, -0.1) is 0 Å². The Balaban J connectivity index is 3.08. The lowest BCUT2D eigenvalue weighted by atomic mass is 9.99. The molecule has 1 rings (SSSR count). The number of aliphatic hydroxyl groups excluding tert-OH is 1. The van der Waals surface area contributed by atoms with Crippen molar-refractivity contribution in [1.29, 1.82) is 0 Å². The number of nitrogens with one attached hydrogen (secondary N) is 6. The first-order valence-corrected chi connectivity index (χ1v) is 17.7. The largest absolute Gasteiger partial charge is 0.394 e. The SMILES string of the molecule is CSCC[C@H](NC(=O)[C@H](CO)NC(=O)[C@H](CCCN=C(N)N)NC(=O)[C@@H]1CCCN1)C(=O)N[C@@H](CC(C)C)C(=O)N[C@H](C(N)=O)C(C)C. The van der Waals surface area contributed by atoms with Gasteiger partial charge in [0.25, 0.3) is 0 Å². The molecule has 1 saturated heterocycles. The van der Waals surface area contributed by atoms with Gasteiger partial charge in [0, 0.05) is 6.54 Å². The summed E-state index contributed by atoms with van der Waals surface area (Å²) in [4.78, 5) is 81.8. The zero-order valence-electron chi connectivity index (χ0n) is 28.7. The monoisotopic (exact) mass is 700 g/mol. The summed E-state index contributed by atoms with van der Waals surface area (Å²) in [6, 6.07) is -6.08. The Kier molecular flexibility index (Phi) is 19.5. The maximum absolute atomic E-state index is 13.5. The zero-order valence-corrected chi connectivity index (χ0v) is 29.5. The van der Waals surface area contributed by atoms with Gasteiger partial charge in [0.05, 0.1) is 12.6 Å². The van der Waals surface area contributed by atoms with E-state index in [4.69, 9.17) is 17.2 Å². The summed E-state index contributed by atoms with van der Waals surface area (Å²) in [6.07, 6.45) is 4.14. The number of thioether (sulfide) groups is 1. The van der Waals surface area contributed by atoms with Crippen molar-refractivity contribution in [3.8, 4) is 0 Å². The highest BCUT2D eigenvalue weighted by atomic mass is 32.2. The Hall–Kier alpha value is -3.64. The third kappa shape index (κ3) is 15.5. The van der Waals surface area contributed by atoms with Gasteiger partial charge < -0.3 is 54.2 Å². The van der Waals surface area contributed by atoms with E-state index in [9.17, 15) is 33.9 Å². The molecule has 0 saturated carbocycles. The van der Waals surface area contributed by atoms with Gasteiger partial charge in [0.2, 0.25) is 35.4 Å². The van der Waals surface area contributed by atoms with E-state index in [0.717, 1.165) is 6.42 Å². The number of carbonyl (C=O) groups excluding carboxylic acids is 6. The molecule has 0 unspecified atom stereocenters. The fourth-order valence-electron chi connectivity index (χ4n) is 4.99. The van der Waals surface area contributed by atoms with E-state index in [1.807, 2.05) is 20.1 Å². The Morgan fingerprint density at radius 2 is 1.40 bits per heavy atom. The number of aliphatic hydroxyl groups is 1. The molecule has 0 spiro atoms. The Bertz CT molecular complexity index is 1110. The molecule has 0 aliphatic carbocycles. The molecule has 1 aliphatic rings. The van der Waals surface area contributed by atoms with E-state index in [1.165, 1.54) is 11.8 Å². The molecule has 6 amide bonds. The number of nitrogens with zero attached hydrogens (tertiary/aromatic N) is 1. The number of primary amides is 1. The van der Waals surface area contributed by atoms with Crippen LogP contribution in [0.25, 0.3) is 0 Å². The number of nitrogens with two attached hydrogens (primary N) is 3. The second-order valence-corrected chi connectivity index (χ2v) is 13.6. The van der Waals surface area contributed by atoms with Gasteiger partial charge in [0.15, 0.2) is 5.96 Å². The lowest BCUT2D eigenvalue weighted by molar-refractivity contribution is -0.136. The normalized spacial score (nSPS) is 17.4. The van der Waals surface area contributed by atoms with Gasteiger partial charge in [0.1, 0.15) is 30.2 Å². The van der Waals surface area contributed by atoms with Crippen molar-refractivity contribution in [2.45, 2.75) is 102 Å². The van der Waals surface area contributed by atoms with E-state index in [1.54, 1.807) is 13.8 Å². The summed E-state index contributed by atoms with van der Waals surface area (Å²) in [5.41, 5.74) is 16.2. The van der Waals surface area contributed by atoms with Crippen molar-refractivity contribution < 1.29 is 33.9 Å². The Labute approximate surface area is 286 Å². The third-order valence-electron chi connectivity index (χ3n) is 7.63. The van der Waals surface area contributed by atoms with E-state index >= 15 is 0 Å². The molecule has 48 heavy (non-hydrogen) atoms. The van der Waals surface area contributed by atoms with Crippen LogP contribution >= 0.6 is 11.8 Å². The van der Waals surface area contributed by atoms with Crippen LogP contribution < -0.4 is 49.1 Å². The Morgan fingerprint density at radius 1 is 0.833 bits per heavy atom. The number of guanidine groups is 1. The first-order valence-electron chi connectivity index (χ1n) is 16.3. The topological polar surface area (TPSA) is 285 Å². The first-order chi connectivity index (χ1) is 22.6. The highest BCUT2D eigenvalue weighted by molar-refractivity contribution is 7.98. The lowest BCUT2D eigenvalue weighted by Crippen LogP contribution is -2.60. The molecular weight excluding hydrogens is 644 g/mol. The summed E-state index contributed by atoms with van der Waals surface area (Å²) >= 11 is 1.43. The van der Waals surface area contributed by atoms with Crippen LogP contribution in [0.1, 0.15) is 66.2 Å². The molecule has 0 radical (unpaired) electrons. The van der Waals surface area contributed by atoms with Crippen LogP contribution in [-0.2, 0) is 28.8 Å². The van der Waals surface area contributed by atoms with Crippen LogP contribution in [0.2, 0.25) is 0 Å². The third-order valence-corrected chi connectivity index (χ3v) is 8.27. The molecule has 0 aromatic heterocycles. The van der Waals surface area contributed by atoms with Gasteiger partial charge in [-0.05, 0) is 68.9 Å². The second kappa shape index (κ2) is 22.1. The van der Waals surface area contributed by atoms with Gasteiger partial charge in [-0.3, -0.25) is 33.8 Å². The number of rotatable bonds is 22. The van der Waals surface area contributed by atoms with Crippen LogP contribution in [0.4, 0.5) is 0 Å². The van der Waals surface area contributed by atoms with Gasteiger partial charge in [-0.2, -0.15) is 11.8 Å². The lowest BCUT2D eigenvalue weighted by Gasteiger charge is -2.28. The predicted octanol–water partition coefficient (Wildman–Crippen LogP) is -2.85. The molecular formula is C30H56N10O7S. The molecule has 18 heteroatoms. The zero-order chi connectivity index (χ0) is 36.4. The van der Waals surface area contributed by atoms with E-state index < -0.39 is 72.4 Å². The predicted molar refractivity (Wildman–Crippen MR) is 184 cm³/mol. The van der Waals surface area contributed by atoms with E-state index in [2.05, 4.69) is 36.9 Å². The van der Waals surface area contributed by atoms with Gasteiger partial charge in [-0.1, -0.05) is 27.7 Å². The number of amides is 6. The molecule has 274 valence electrons. The second-order valence-electron chi connectivity index (χ2n) is 12.6. The van der Waals surface area contributed by atoms with Crippen LogP contribution in [-0.4, -0.2) is 114 Å². The minimum absolute atomic E-state index is 0.0160. The van der Waals surface area contributed by atoms with Crippen LogP contribution in [0.5, 0.6) is 0 Å². The number of aliphatic imine (C=N–C) groups is 1. The number of hydrogen-bond acceptors (Lipinski definition) is 10. The first kappa shape index (κ1) is 42.4. The van der Waals surface area contributed by atoms with Crippen LogP contribution in [0.15, 0.2) is 4.99 Å². The van der Waals surface area contributed by atoms with Gasteiger partial charge >= 0.3 is 0 Å². The van der Waals surface area contributed by atoms with Crippen molar-refractivity contribution in [3.05, 3.63) is 0 Å². The van der Waals surface area contributed by atoms with Crippen molar-refractivity contribution >= 4 is 53.2 Å². The quantitative estimate of drug-likeness (QED) is 0.0312. The van der Waals surface area contributed by atoms with E-state index in [0.29, 0.717) is 25.1 Å². The summed E-state index contributed by atoms with van der Waals surface area (Å²) in [5.74, 6) is -3.84. The molecule has 1 fully saturated rings. The van der Waals surface area contributed by atoms with Crippen LogP contribution in [0, 0.1) is 11.8 Å². The molecule has 0 aromatic rings. The summed E-state index contributed by atoms with van der Waals surface area (Å²) < 4.78 is 0. The minimum Gasteiger partial charge on any atom is -0.394 e.